The van der Waals surface area contributed by atoms with E-state index in [1.54, 1.807) is 12.1 Å². The van der Waals surface area contributed by atoms with Crippen LogP contribution in [0.25, 0.3) is 0 Å². The highest BCUT2D eigenvalue weighted by Crippen LogP contribution is 2.13. The zero-order valence-electron chi connectivity index (χ0n) is 12.6. The summed E-state index contributed by atoms with van der Waals surface area (Å²) in [4.78, 5) is 12.9. The number of ether oxygens (including phenoxy) is 1. The minimum Gasteiger partial charge on any atom is -0.492 e. The number of benzene rings is 1. The van der Waals surface area contributed by atoms with Gasteiger partial charge in [-0.2, -0.15) is 0 Å². The molecular formula is C16H25NO3. The molecule has 0 fully saturated rings. The van der Waals surface area contributed by atoms with Crippen molar-refractivity contribution in [3.8, 4) is 5.75 Å². The molecule has 1 atom stereocenters. The van der Waals surface area contributed by atoms with E-state index >= 15 is 0 Å². The summed E-state index contributed by atoms with van der Waals surface area (Å²) in [5.41, 5.74) is 0.790. The molecule has 4 nitrogen and oxygen atoms in total. The standard InChI is InChI=1S/C16H25NO3/c1-4-5-13(2)17(3)10-11-20-15-8-6-14(7-9-15)12-16(18)19/h6-9,13H,4-5,10-12H2,1-3H3,(H,18,19). The Hall–Kier alpha value is -1.55. The molecule has 0 aliphatic carbocycles. The van der Waals surface area contributed by atoms with Crippen molar-refractivity contribution < 1.29 is 14.6 Å². The van der Waals surface area contributed by atoms with Crippen LogP contribution in [-0.2, 0) is 11.2 Å². The molecule has 112 valence electrons. The molecule has 1 aromatic carbocycles. The number of hydrogen-bond acceptors (Lipinski definition) is 3. The first-order chi connectivity index (χ1) is 9.52. The molecule has 1 aromatic rings. The zero-order chi connectivity index (χ0) is 15.0. The first kappa shape index (κ1) is 16.5. The van der Waals surface area contributed by atoms with Crippen LogP contribution in [0.2, 0.25) is 0 Å². The van der Waals surface area contributed by atoms with E-state index in [2.05, 4.69) is 25.8 Å². The Morgan fingerprint density at radius 1 is 1.35 bits per heavy atom. The van der Waals surface area contributed by atoms with Crippen LogP contribution in [0.4, 0.5) is 0 Å². The van der Waals surface area contributed by atoms with E-state index < -0.39 is 5.97 Å². The van der Waals surface area contributed by atoms with Crippen LogP contribution in [0.1, 0.15) is 32.3 Å². The van der Waals surface area contributed by atoms with Gasteiger partial charge in [0.05, 0.1) is 6.42 Å². The fourth-order valence-electron chi connectivity index (χ4n) is 2.04. The second-order valence-corrected chi connectivity index (χ2v) is 5.18. The summed E-state index contributed by atoms with van der Waals surface area (Å²) in [5.74, 6) is -0.0270. The van der Waals surface area contributed by atoms with E-state index in [0.717, 1.165) is 17.9 Å². The van der Waals surface area contributed by atoms with Gasteiger partial charge >= 0.3 is 5.97 Å². The van der Waals surface area contributed by atoms with Gasteiger partial charge in [-0.25, -0.2) is 0 Å². The predicted molar refractivity (Wildman–Crippen MR) is 80.3 cm³/mol. The van der Waals surface area contributed by atoms with Crippen molar-refractivity contribution in [2.45, 2.75) is 39.2 Å². The molecule has 1 unspecified atom stereocenters. The van der Waals surface area contributed by atoms with Crippen molar-refractivity contribution in [2.75, 3.05) is 20.2 Å². The lowest BCUT2D eigenvalue weighted by molar-refractivity contribution is -0.136. The van der Waals surface area contributed by atoms with Gasteiger partial charge in [-0.15, -0.1) is 0 Å². The van der Waals surface area contributed by atoms with Crippen molar-refractivity contribution in [1.82, 2.24) is 4.90 Å². The highest BCUT2D eigenvalue weighted by atomic mass is 16.5. The summed E-state index contributed by atoms with van der Waals surface area (Å²) in [6.45, 7) is 5.95. The molecule has 20 heavy (non-hydrogen) atoms. The fraction of sp³-hybridized carbons (Fsp3) is 0.562. The second-order valence-electron chi connectivity index (χ2n) is 5.18. The molecule has 0 radical (unpaired) electrons. The Kier molecular flexibility index (Phi) is 7.09. The molecule has 0 bridgehead atoms. The van der Waals surface area contributed by atoms with Gasteiger partial charge in [-0.05, 0) is 38.1 Å². The van der Waals surface area contributed by atoms with Crippen LogP contribution < -0.4 is 4.74 Å². The summed E-state index contributed by atoms with van der Waals surface area (Å²) < 4.78 is 5.68. The van der Waals surface area contributed by atoms with E-state index in [1.165, 1.54) is 12.8 Å². The smallest absolute Gasteiger partial charge is 0.307 e. The van der Waals surface area contributed by atoms with Crippen LogP contribution in [0.3, 0.4) is 0 Å². The van der Waals surface area contributed by atoms with Gasteiger partial charge < -0.3 is 14.7 Å². The summed E-state index contributed by atoms with van der Waals surface area (Å²) in [7, 11) is 2.11. The highest BCUT2D eigenvalue weighted by molar-refractivity contribution is 5.70. The predicted octanol–water partition coefficient (Wildman–Crippen LogP) is 2.81. The fourth-order valence-corrected chi connectivity index (χ4v) is 2.04. The third-order valence-corrected chi connectivity index (χ3v) is 3.45. The number of carbonyl (C=O) groups is 1. The largest absolute Gasteiger partial charge is 0.492 e. The molecule has 1 rings (SSSR count). The van der Waals surface area contributed by atoms with Crippen LogP contribution in [0, 0.1) is 0 Å². The lowest BCUT2D eigenvalue weighted by Gasteiger charge is -2.24. The topological polar surface area (TPSA) is 49.8 Å². The Morgan fingerprint density at radius 2 is 2.00 bits per heavy atom. The normalized spacial score (nSPS) is 12.4. The van der Waals surface area contributed by atoms with Crippen LogP contribution in [-0.4, -0.2) is 42.2 Å². The van der Waals surface area contributed by atoms with Gasteiger partial charge in [-0.3, -0.25) is 4.79 Å². The summed E-state index contributed by atoms with van der Waals surface area (Å²) >= 11 is 0. The van der Waals surface area contributed by atoms with Crippen LogP contribution in [0.15, 0.2) is 24.3 Å². The number of nitrogens with zero attached hydrogens (tertiary/aromatic N) is 1. The van der Waals surface area contributed by atoms with Crippen molar-refractivity contribution >= 4 is 5.97 Å². The Balaban J connectivity index is 2.33. The maximum absolute atomic E-state index is 10.6. The van der Waals surface area contributed by atoms with Crippen molar-refractivity contribution in [3.63, 3.8) is 0 Å². The molecule has 0 saturated heterocycles. The zero-order valence-corrected chi connectivity index (χ0v) is 12.6. The van der Waals surface area contributed by atoms with Crippen molar-refractivity contribution in [1.29, 1.82) is 0 Å². The number of carboxylic acids is 1. The number of likely N-dealkylation sites (N-methyl/N-ethyl adjacent to an activating group) is 1. The first-order valence-corrected chi connectivity index (χ1v) is 7.16. The second kappa shape index (κ2) is 8.59. The maximum Gasteiger partial charge on any atom is 0.307 e. The van der Waals surface area contributed by atoms with E-state index in [1.807, 2.05) is 12.1 Å². The van der Waals surface area contributed by atoms with Gasteiger partial charge in [0.1, 0.15) is 12.4 Å². The molecule has 0 saturated carbocycles. The number of hydrogen-bond donors (Lipinski definition) is 1. The van der Waals surface area contributed by atoms with Gasteiger partial charge in [0.2, 0.25) is 0 Å². The van der Waals surface area contributed by atoms with Gasteiger partial charge in [0, 0.05) is 12.6 Å². The maximum atomic E-state index is 10.6. The van der Waals surface area contributed by atoms with Gasteiger partial charge in [-0.1, -0.05) is 25.5 Å². The third kappa shape index (κ3) is 6.06. The Bertz CT molecular complexity index is 403. The Morgan fingerprint density at radius 3 is 2.55 bits per heavy atom. The molecule has 0 aliphatic heterocycles. The average molecular weight is 279 g/mol. The molecular weight excluding hydrogens is 254 g/mol. The van der Waals surface area contributed by atoms with Crippen LogP contribution >= 0.6 is 0 Å². The van der Waals surface area contributed by atoms with E-state index in [4.69, 9.17) is 9.84 Å². The quantitative estimate of drug-likeness (QED) is 0.755. The van der Waals surface area contributed by atoms with Crippen LogP contribution in [0.5, 0.6) is 5.75 Å². The highest BCUT2D eigenvalue weighted by Gasteiger charge is 2.07. The van der Waals surface area contributed by atoms with E-state index in [-0.39, 0.29) is 6.42 Å². The van der Waals surface area contributed by atoms with Gasteiger partial charge in [0.15, 0.2) is 0 Å². The lowest BCUT2D eigenvalue weighted by atomic mass is 10.1. The summed E-state index contributed by atoms with van der Waals surface area (Å²) in [6.07, 6.45) is 2.44. The SMILES string of the molecule is CCCC(C)N(C)CCOc1ccc(CC(=O)O)cc1. The minimum atomic E-state index is -0.815. The molecule has 0 spiro atoms. The van der Waals surface area contributed by atoms with Crippen molar-refractivity contribution in [2.24, 2.45) is 0 Å². The lowest BCUT2D eigenvalue weighted by Crippen LogP contribution is -2.32. The molecule has 0 amide bonds. The third-order valence-electron chi connectivity index (χ3n) is 3.45. The molecule has 0 heterocycles. The van der Waals surface area contributed by atoms with E-state index in [0.29, 0.717) is 12.6 Å². The molecule has 0 aromatic heterocycles. The van der Waals surface area contributed by atoms with Gasteiger partial charge in [0.25, 0.3) is 0 Å². The molecule has 4 heteroatoms. The first-order valence-electron chi connectivity index (χ1n) is 7.16. The van der Waals surface area contributed by atoms with E-state index in [9.17, 15) is 4.79 Å². The average Bonchev–Trinajstić information content (AvgIpc) is 2.40. The molecule has 0 aliphatic rings. The molecule has 1 N–H and O–H groups in total. The number of aliphatic carboxylic acids is 1. The minimum absolute atomic E-state index is 0.0531. The Labute approximate surface area is 121 Å². The number of rotatable bonds is 9. The number of carboxylic acid groups (broad SMARTS) is 1. The monoisotopic (exact) mass is 279 g/mol. The summed E-state index contributed by atoms with van der Waals surface area (Å²) in [5, 5.41) is 8.70. The van der Waals surface area contributed by atoms with Crippen molar-refractivity contribution in [3.05, 3.63) is 29.8 Å². The summed E-state index contributed by atoms with van der Waals surface area (Å²) in [6, 6.07) is 7.82.